The summed E-state index contributed by atoms with van der Waals surface area (Å²) in [5.41, 5.74) is 1.19. The minimum absolute atomic E-state index is 0.266. The molecule has 0 spiro atoms. The van der Waals surface area contributed by atoms with Crippen LogP contribution in [-0.2, 0) is 5.54 Å². The summed E-state index contributed by atoms with van der Waals surface area (Å²) in [7, 11) is 0. The number of nitrogens with zero attached hydrogens (tertiary/aromatic N) is 2. The summed E-state index contributed by atoms with van der Waals surface area (Å²) in [6.45, 7) is 8.60. The van der Waals surface area contributed by atoms with Crippen LogP contribution in [0.2, 0.25) is 0 Å². The highest BCUT2D eigenvalue weighted by molar-refractivity contribution is 5.59. The smallest absolute Gasteiger partial charge is 0.246 e. The van der Waals surface area contributed by atoms with Crippen molar-refractivity contribution in [1.82, 2.24) is 15.5 Å². The number of rotatable bonds is 4. The lowest BCUT2D eigenvalue weighted by Crippen LogP contribution is -2.36. The molecule has 0 radical (unpaired) electrons. The van der Waals surface area contributed by atoms with E-state index in [0.29, 0.717) is 11.7 Å². The first-order chi connectivity index (χ1) is 8.94. The summed E-state index contributed by atoms with van der Waals surface area (Å²) < 4.78 is 18.4. The zero-order valence-electron chi connectivity index (χ0n) is 11.6. The maximum Gasteiger partial charge on any atom is 0.246 e. The van der Waals surface area contributed by atoms with Gasteiger partial charge in [0.1, 0.15) is 5.82 Å². The zero-order valence-corrected chi connectivity index (χ0v) is 11.6. The molecule has 102 valence electrons. The Morgan fingerprint density at radius 3 is 2.74 bits per heavy atom. The molecule has 0 saturated carbocycles. The molecule has 0 aliphatic carbocycles. The van der Waals surface area contributed by atoms with E-state index in [4.69, 9.17) is 4.52 Å². The molecule has 2 aromatic rings. The van der Waals surface area contributed by atoms with E-state index in [0.717, 1.165) is 17.7 Å². The summed E-state index contributed by atoms with van der Waals surface area (Å²) in [4.78, 5) is 4.40. The van der Waals surface area contributed by atoms with Crippen molar-refractivity contribution in [3.63, 3.8) is 0 Å². The number of hydrogen-bond acceptors (Lipinski definition) is 4. The average Bonchev–Trinajstić information content (AvgIpc) is 2.78. The summed E-state index contributed by atoms with van der Waals surface area (Å²) in [5, 5.41) is 7.25. The van der Waals surface area contributed by atoms with Crippen molar-refractivity contribution in [1.29, 1.82) is 0 Å². The number of nitrogens with one attached hydrogen (secondary N) is 1. The molecule has 0 bridgehead atoms. The molecule has 0 atom stereocenters. The zero-order chi connectivity index (χ0) is 14.0. The number of hydrogen-bond donors (Lipinski definition) is 1. The molecule has 0 fully saturated rings. The standard InChI is InChI=1S/C14H18FN3O/c1-5-16-14(3,4)13-17-12(18-19-13)11-7-6-10(15)8-9(11)2/h6-8,16H,5H2,1-4H3. The van der Waals surface area contributed by atoms with Gasteiger partial charge in [0.2, 0.25) is 11.7 Å². The monoisotopic (exact) mass is 263 g/mol. The maximum atomic E-state index is 13.1. The number of benzene rings is 1. The van der Waals surface area contributed by atoms with Gasteiger partial charge in [-0.1, -0.05) is 12.1 Å². The highest BCUT2D eigenvalue weighted by Crippen LogP contribution is 2.24. The van der Waals surface area contributed by atoms with Crippen molar-refractivity contribution in [3.05, 3.63) is 35.5 Å². The Bertz CT molecular complexity index is 578. The van der Waals surface area contributed by atoms with E-state index in [1.807, 2.05) is 27.7 Å². The fourth-order valence-corrected chi connectivity index (χ4v) is 1.98. The third kappa shape index (κ3) is 2.81. The van der Waals surface area contributed by atoms with Crippen LogP contribution in [0.4, 0.5) is 4.39 Å². The van der Waals surface area contributed by atoms with Crippen LogP contribution in [0.3, 0.4) is 0 Å². The van der Waals surface area contributed by atoms with Gasteiger partial charge in [-0.2, -0.15) is 4.98 Å². The Balaban J connectivity index is 2.35. The predicted molar refractivity (Wildman–Crippen MR) is 71.1 cm³/mol. The van der Waals surface area contributed by atoms with Crippen LogP contribution in [-0.4, -0.2) is 16.7 Å². The van der Waals surface area contributed by atoms with E-state index >= 15 is 0 Å². The number of aryl methyl sites for hydroxylation is 1. The third-order valence-corrected chi connectivity index (χ3v) is 3.01. The van der Waals surface area contributed by atoms with E-state index in [1.165, 1.54) is 12.1 Å². The van der Waals surface area contributed by atoms with Crippen LogP contribution in [0, 0.1) is 12.7 Å². The molecule has 19 heavy (non-hydrogen) atoms. The Morgan fingerprint density at radius 2 is 2.11 bits per heavy atom. The van der Waals surface area contributed by atoms with Crippen LogP contribution in [0.25, 0.3) is 11.4 Å². The maximum absolute atomic E-state index is 13.1. The second kappa shape index (κ2) is 5.09. The molecule has 0 aliphatic rings. The molecule has 0 aliphatic heterocycles. The van der Waals surface area contributed by atoms with Crippen molar-refractivity contribution in [2.24, 2.45) is 0 Å². The lowest BCUT2D eigenvalue weighted by molar-refractivity contribution is 0.272. The highest BCUT2D eigenvalue weighted by atomic mass is 19.1. The molecule has 1 aromatic heterocycles. The van der Waals surface area contributed by atoms with Crippen molar-refractivity contribution in [2.45, 2.75) is 33.2 Å². The van der Waals surface area contributed by atoms with Crippen LogP contribution >= 0.6 is 0 Å². The Kier molecular flexibility index (Phi) is 3.66. The molecule has 1 aromatic carbocycles. The third-order valence-electron chi connectivity index (χ3n) is 3.01. The van der Waals surface area contributed by atoms with Gasteiger partial charge in [0.25, 0.3) is 0 Å². The van der Waals surface area contributed by atoms with Crippen LogP contribution < -0.4 is 5.32 Å². The van der Waals surface area contributed by atoms with Crippen molar-refractivity contribution >= 4 is 0 Å². The summed E-state index contributed by atoms with van der Waals surface area (Å²) >= 11 is 0. The molecule has 0 unspecified atom stereocenters. The van der Waals surface area contributed by atoms with Gasteiger partial charge in [-0.05, 0) is 51.1 Å². The lowest BCUT2D eigenvalue weighted by atomic mass is 10.1. The van der Waals surface area contributed by atoms with Gasteiger partial charge in [0, 0.05) is 5.56 Å². The van der Waals surface area contributed by atoms with Crippen molar-refractivity contribution < 1.29 is 8.91 Å². The summed E-state index contributed by atoms with van der Waals surface area (Å²) in [6, 6.07) is 4.52. The Hall–Kier alpha value is -1.75. The van der Waals surface area contributed by atoms with Crippen LogP contribution in [0.15, 0.2) is 22.7 Å². The van der Waals surface area contributed by atoms with Crippen LogP contribution in [0.5, 0.6) is 0 Å². The van der Waals surface area contributed by atoms with E-state index in [-0.39, 0.29) is 11.4 Å². The van der Waals surface area contributed by atoms with Gasteiger partial charge in [-0.3, -0.25) is 0 Å². The molecule has 5 heteroatoms. The topological polar surface area (TPSA) is 51.0 Å². The Morgan fingerprint density at radius 1 is 1.37 bits per heavy atom. The van der Waals surface area contributed by atoms with E-state index < -0.39 is 0 Å². The highest BCUT2D eigenvalue weighted by Gasteiger charge is 2.26. The first-order valence-corrected chi connectivity index (χ1v) is 6.30. The summed E-state index contributed by atoms with van der Waals surface area (Å²) in [5.74, 6) is 0.740. The molecule has 0 amide bonds. The number of aromatic nitrogens is 2. The lowest BCUT2D eigenvalue weighted by Gasteiger charge is -2.20. The molecule has 0 saturated heterocycles. The molecular formula is C14H18FN3O. The molecule has 1 heterocycles. The van der Waals surface area contributed by atoms with Crippen molar-refractivity contribution in [2.75, 3.05) is 6.54 Å². The van der Waals surface area contributed by atoms with Crippen molar-refractivity contribution in [3.8, 4) is 11.4 Å². The minimum atomic E-state index is -0.381. The quantitative estimate of drug-likeness (QED) is 0.921. The van der Waals surface area contributed by atoms with E-state index in [1.54, 1.807) is 6.07 Å². The van der Waals surface area contributed by atoms with Gasteiger partial charge < -0.3 is 9.84 Å². The SMILES string of the molecule is CCNC(C)(C)c1nc(-c2ccc(F)cc2C)no1. The largest absolute Gasteiger partial charge is 0.337 e. The molecule has 2 rings (SSSR count). The van der Waals surface area contributed by atoms with Crippen LogP contribution in [0.1, 0.15) is 32.2 Å². The fraction of sp³-hybridized carbons (Fsp3) is 0.429. The second-order valence-electron chi connectivity index (χ2n) is 5.04. The fourth-order valence-electron chi connectivity index (χ4n) is 1.98. The minimum Gasteiger partial charge on any atom is -0.337 e. The van der Waals surface area contributed by atoms with E-state index in [2.05, 4.69) is 15.5 Å². The van der Waals surface area contributed by atoms with Gasteiger partial charge in [-0.15, -0.1) is 0 Å². The van der Waals surface area contributed by atoms with Gasteiger partial charge in [0.05, 0.1) is 5.54 Å². The normalized spacial score (nSPS) is 11.8. The predicted octanol–water partition coefficient (Wildman–Crippen LogP) is 3.03. The van der Waals surface area contributed by atoms with Gasteiger partial charge in [-0.25, -0.2) is 4.39 Å². The first-order valence-electron chi connectivity index (χ1n) is 6.30. The second-order valence-corrected chi connectivity index (χ2v) is 5.04. The molecular weight excluding hydrogens is 245 g/mol. The summed E-state index contributed by atoms with van der Waals surface area (Å²) in [6.07, 6.45) is 0. The molecule has 4 nitrogen and oxygen atoms in total. The van der Waals surface area contributed by atoms with Gasteiger partial charge >= 0.3 is 0 Å². The number of halogens is 1. The first kappa shape index (κ1) is 13.7. The molecule has 1 N–H and O–H groups in total. The van der Waals surface area contributed by atoms with Gasteiger partial charge in [0.15, 0.2) is 0 Å². The average molecular weight is 263 g/mol. The Labute approximate surface area is 112 Å². The van der Waals surface area contributed by atoms with E-state index in [9.17, 15) is 4.39 Å².